The number of aryl methyl sites for hydroxylation is 1. The number of para-hydroxylation sites is 1. The van der Waals surface area contributed by atoms with Gasteiger partial charge < -0.3 is 9.84 Å². The number of fused-ring (bicyclic) bond motifs is 1. The van der Waals surface area contributed by atoms with Crippen LogP contribution in [0.15, 0.2) is 58.1 Å². The van der Waals surface area contributed by atoms with Crippen molar-refractivity contribution in [1.29, 1.82) is 0 Å². The summed E-state index contributed by atoms with van der Waals surface area (Å²) >= 11 is 5.96. The Morgan fingerprint density at radius 3 is 2.40 bits per heavy atom. The molecule has 35 heavy (non-hydrogen) atoms. The van der Waals surface area contributed by atoms with Crippen LogP contribution in [0.25, 0.3) is 11.2 Å². The van der Waals surface area contributed by atoms with Crippen molar-refractivity contribution in [2.45, 2.75) is 25.7 Å². The molecular formula is C23H20ClF3N4O4. The lowest BCUT2D eigenvalue weighted by atomic mass is 10.2. The minimum absolute atomic E-state index is 0.00459. The molecule has 0 spiro atoms. The molecule has 0 atom stereocenters. The Balaban J connectivity index is 1.96. The molecular weight excluding hydrogens is 489 g/mol. The zero-order chi connectivity index (χ0) is 25.3. The molecule has 0 fully saturated rings. The molecule has 1 N–H and O–H groups in total. The number of ether oxygens (including phenoxy) is 1. The smallest absolute Gasteiger partial charge is 0.419 e. The predicted molar refractivity (Wildman–Crippen MR) is 123 cm³/mol. The predicted octanol–water partition coefficient (Wildman–Crippen LogP) is 3.79. The Bertz CT molecular complexity index is 1490. The molecule has 0 unspecified atom stereocenters. The SMILES string of the molecule is Cn1c(=O)n(CCCO)c(=O)c2c1nc(Oc1ccccc1C(F)(F)F)n2Cc1ccc(Cl)cc1. The van der Waals surface area contributed by atoms with Crippen LogP contribution in [0.2, 0.25) is 5.02 Å². The summed E-state index contributed by atoms with van der Waals surface area (Å²) < 4.78 is 49.7. The van der Waals surface area contributed by atoms with Crippen LogP contribution in [0, 0.1) is 0 Å². The number of aliphatic hydroxyl groups excluding tert-OH is 1. The molecule has 0 saturated heterocycles. The van der Waals surface area contributed by atoms with Gasteiger partial charge in [0.1, 0.15) is 5.75 Å². The molecule has 0 radical (unpaired) electrons. The average Bonchev–Trinajstić information content (AvgIpc) is 3.17. The number of imidazole rings is 1. The molecule has 0 saturated carbocycles. The van der Waals surface area contributed by atoms with Crippen LogP contribution in [0.4, 0.5) is 13.2 Å². The Labute approximate surface area is 201 Å². The zero-order valence-corrected chi connectivity index (χ0v) is 19.2. The first-order valence-corrected chi connectivity index (χ1v) is 10.9. The summed E-state index contributed by atoms with van der Waals surface area (Å²) in [6.45, 7) is -0.276. The number of hydrogen-bond donors (Lipinski definition) is 1. The summed E-state index contributed by atoms with van der Waals surface area (Å²) in [6, 6.07) is 11.0. The van der Waals surface area contributed by atoms with E-state index in [1.807, 2.05) is 0 Å². The molecule has 4 aromatic rings. The number of alkyl halides is 3. The van der Waals surface area contributed by atoms with Gasteiger partial charge in [-0.2, -0.15) is 18.2 Å². The van der Waals surface area contributed by atoms with Gasteiger partial charge in [0, 0.05) is 25.2 Å². The summed E-state index contributed by atoms with van der Waals surface area (Å²) in [5.74, 6) is -0.502. The largest absolute Gasteiger partial charge is 0.425 e. The van der Waals surface area contributed by atoms with Crippen LogP contribution in [0.1, 0.15) is 17.5 Å². The Hall–Kier alpha value is -3.57. The third-order valence-corrected chi connectivity index (χ3v) is 5.64. The standard InChI is InChI=1S/C23H20ClF3N4O4/c1-29-19-18(20(33)30(22(29)34)11-4-12-32)31(13-14-7-9-15(24)10-8-14)21(28-19)35-17-6-3-2-5-16(17)23(25,26)27/h2-3,5-10,32H,4,11-13H2,1H3. The van der Waals surface area contributed by atoms with E-state index in [4.69, 9.17) is 21.4 Å². The van der Waals surface area contributed by atoms with Crippen molar-refractivity contribution in [2.24, 2.45) is 7.05 Å². The summed E-state index contributed by atoms with van der Waals surface area (Å²) in [7, 11) is 1.40. The highest BCUT2D eigenvalue weighted by Crippen LogP contribution is 2.38. The first kappa shape index (κ1) is 24.6. The number of hydrogen-bond acceptors (Lipinski definition) is 5. The molecule has 8 nitrogen and oxygen atoms in total. The molecule has 2 aromatic heterocycles. The summed E-state index contributed by atoms with van der Waals surface area (Å²) in [6.07, 6.45) is -4.53. The van der Waals surface area contributed by atoms with Crippen molar-refractivity contribution in [2.75, 3.05) is 6.61 Å². The van der Waals surface area contributed by atoms with Crippen LogP contribution in [-0.4, -0.2) is 30.4 Å². The fourth-order valence-electron chi connectivity index (χ4n) is 3.66. The second-order valence-corrected chi connectivity index (χ2v) is 8.19. The lowest BCUT2D eigenvalue weighted by Crippen LogP contribution is -2.39. The molecule has 2 heterocycles. The molecule has 0 aliphatic heterocycles. The maximum Gasteiger partial charge on any atom is 0.419 e. The van der Waals surface area contributed by atoms with Crippen molar-refractivity contribution < 1.29 is 23.0 Å². The quantitative estimate of drug-likeness (QED) is 0.410. The van der Waals surface area contributed by atoms with Crippen molar-refractivity contribution >= 4 is 22.8 Å². The van der Waals surface area contributed by atoms with Crippen molar-refractivity contribution in [1.82, 2.24) is 18.7 Å². The van der Waals surface area contributed by atoms with Crippen molar-refractivity contribution in [3.8, 4) is 11.8 Å². The van der Waals surface area contributed by atoms with E-state index in [0.29, 0.717) is 10.6 Å². The molecule has 2 aromatic carbocycles. The number of aromatic nitrogens is 4. The van der Waals surface area contributed by atoms with E-state index in [1.165, 1.54) is 23.7 Å². The van der Waals surface area contributed by atoms with Gasteiger partial charge in [-0.25, -0.2) is 4.79 Å². The van der Waals surface area contributed by atoms with Crippen LogP contribution in [0.5, 0.6) is 11.8 Å². The summed E-state index contributed by atoms with van der Waals surface area (Å²) in [5, 5.41) is 9.64. The van der Waals surface area contributed by atoms with Gasteiger partial charge in [-0.05, 0) is 36.2 Å². The highest BCUT2D eigenvalue weighted by atomic mass is 35.5. The minimum Gasteiger partial charge on any atom is -0.425 e. The average molecular weight is 509 g/mol. The molecule has 0 bridgehead atoms. The Kier molecular flexibility index (Phi) is 6.73. The summed E-state index contributed by atoms with van der Waals surface area (Å²) in [5.41, 5.74) is -1.79. The van der Waals surface area contributed by atoms with Crippen molar-refractivity contribution in [3.63, 3.8) is 0 Å². The second kappa shape index (κ2) is 9.59. The van der Waals surface area contributed by atoms with Gasteiger partial charge in [0.25, 0.3) is 5.56 Å². The molecule has 12 heteroatoms. The number of aliphatic hydroxyl groups is 1. The molecule has 0 amide bonds. The van der Waals surface area contributed by atoms with E-state index < -0.39 is 28.7 Å². The van der Waals surface area contributed by atoms with Gasteiger partial charge in [-0.15, -0.1) is 0 Å². The van der Waals surface area contributed by atoms with Crippen LogP contribution < -0.4 is 16.0 Å². The summed E-state index contributed by atoms with van der Waals surface area (Å²) in [4.78, 5) is 30.3. The number of nitrogens with zero attached hydrogens (tertiary/aromatic N) is 4. The highest BCUT2D eigenvalue weighted by Gasteiger charge is 2.35. The first-order valence-electron chi connectivity index (χ1n) is 10.5. The monoisotopic (exact) mass is 508 g/mol. The maximum absolute atomic E-state index is 13.6. The van der Waals surface area contributed by atoms with E-state index in [2.05, 4.69) is 4.98 Å². The van der Waals surface area contributed by atoms with E-state index in [1.54, 1.807) is 24.3 Å². The van der Waals surface area contributed by atoms with Crippen LogP contribution in [-0.2, 0) is 26.3 Å². The molecule has 184 valence electrons. The lowest BCUT2D eigenvalue weighted by molar-refractivity contribution is -0.138. The fraction of sp³-hybridized carbons (Fsp3) is 0.261. The fourth-order valence-corrected chi connectivity index (χ4v) is 3.79. The van der Waals surface area contributed by atoms with E-state index in [0.717, 1.165) is 21.3 Å². The number of rotatable bonds is 7. The third kappa shape index (κ3) is 4.82. The normalized spacial score (nSPS) is 11.8. The van der Waals surface area contributed by atoms with Gasteiger partial charge in [-0.1, -0.05) is 35.9 Å². The van der Waals surface area contributed by atoms with Gasteiger partial charge in [0.05, 0.1) is 12.1 Å². The maximum atomic E-state index is 13.6. The van der Waals surface area contributed by atoms with Crippen LogP contribution in [0.3, 0.4) is 0 Å². The van der Waals surface area contributed by atoms with Crippen molar-refractivity contribution in [3.05, 3.63) is 85.5 Å². The van der Waals surface area contributed by atoms with Gasteiger partial charge in [0.15, 0.2) is 11.2 Å². The van der Waals surface area contributed by atoms with Gasteiger partial charge >= 0.3 is 17.9 Å². The van der Waals surface area contributed by atoms with E-state index >= 15 is 0 Å². The van der Waals surface area contributed by atoms with Gasteiger partial charge in [0.2, 0.25) is 0 Å². The zero-order valence-electron chi connectivity index (χ0n) is 18.4. The molecule has 0 aliphatic carbocycles. The molecule has 0 aliphatic rings. The topological polar surface area (TPSA) is 91.3 Å². The third-order valence-electron chi connectivity index (χ3n) is 5.38. The Morgan fingerprint density at radius 2 is 1.74 bits per heavy atom. The number of benzene rings is 2. The lowest BCUT2D eigenvalue weighted by Gasteiger charge is -2.14. The number of halogens is 4. The van der Waals surface area contributed by atoms with Crippen LogP contribution >= 0.6 is 11.6 Å². The Morgan fingerprint density at radius 1 is 1.06 bits per heavy atom. The highest BCUT2D eigenvalue weighted by molar-refractivity contribution is 6.30. The van der Waals surface area contributed by atoms with E-state index in [-0.39, 0.29) is 43.3 Å². The first-order chi connectivity index (χ1) is 16.6. The minimum atomic E-state index is -4.69. The van der Waals surface area contributed by atoms with Gasteiger partial charge in [-0.3, -0.25) is 18.5 Å². The van der Waals surface area contributed by atoms with E-state index in [9.17, 15) is 22.8 Å². The second-order valence-electron chi connectivity index (χ2n) is 7.75. The molecule has 4 rings (SSSR count).